The Labute approximate surface area is 142 Å². The zero-order valence-corrected chi connectivity index (χ0v) is 13.9. The van der Waals surface area contributed by atoms with Crippen LogP contribution in [0.5, 0.6) is 5.75 Å². The number of halogens is 2. The molecule has 0 bridgehead atoms. The second-order valence-corrected chi connectivity index (χ2v) is 4.86. The van der Waals surface area contributed by atoms with Gasteiger partial charge in [0.1, 0.15) is 12.4 Å². The van der Waals surface area contributed by atoms with E-state index in [0.717, 1.165) is 19.1 Å². The van der Waals surface area contributed by atoms with Crippen molar-refractivity contribution in [3.05, 3.63) is 35.0 Å². The maximum Gasteiger partial charge on any atom is 0.355 e. The van der Waals surface area contributed by atoms with Gasteiger partial charge in [-0.15, -0.1) is 0 Å². The first-order valence-corrected chi connectivity index (χ1v) is 7.32. The number of nitrogens with zero attached hydrogens (tertiary/aromatic N) is 1. The summed E-state index contributed by atoms with van der Waals surface area (Å²) in [5.74, 6) is -4.47. The molecule has 0 saturated carbocycles. The summed E-state index contributed by atoms with van der Waals surface area (Å²) in [5.41, 5.74) is -0.736. The first kappa shape index (κ1) is 18.7. The van der Waals surface area contributed by atoms with Gasteiger partial charge < -0.3 is 23.8 Å². The Morgan fingerprint density at radius 1 is 1.16 bits per heavy atom. The SMILES string of the molecule is CCOc1ccc(N2COCC(C(=O)OC)=C2C(=O)OC)c(F)c1F. The Morgan fingerprint density at radius 2 is 1.84 bits per heavy atom. The molecule has 1 aromatic rings. The summed E-state index contributed by atoms with van der Waals surface area (Å²) in [5, 5.41) is 0. The lowest BCUT2D eigenvalue weighted by atomic mass is 10.1. The summed E-state index contributed by atoms with van der Waals surface area (Å²) in [6.45, 7) is 1.27. The van der Waals surface area contributed by atoms with E-state index in [1.807, 2.05) is 0 Å². The minimum Gasteiger partial charge on any atom is -0.491 e. The zero-order valence-electron chi connectivity index (χ0n) is 13.9. The van der Waals surface area contributed by atoms with Crippen molar-refractivity contribution in [2.45, 2.75) is 6.92 Å². The molecule has 1 aliphatic rings. The molecule has 25 heavy (non-hydrogen) atoms. The molecule has 7 nitrogen and oxygen atoms in total. The van der Waals surface area contributed by atoms with E-state index in [0.29, 0.717) is 0 Å². The van der Waals surface area contributed by atoms with Crippen molar-refractivity contribution >= 4 is 17.6 Å². The summed E-state index contributed by atoms with van der Waals surface area (Å²) in [6, 6.07) is 2.44. The van der Waals surface area contributed by atoms with Gasteiger partial charge in [-0.25, -0.2) is 14.0 Å². The molecule has 1 heterocycles. The monoisotopic (exact) mass is 357 g/mol. The van der Waals surface area contributed by atoms with Crippen molar-refractivity contribution in [2.24, 2.45) is 0 Å². The fraction of sp³-hybridized carbons (Fsp3) is 0.375. The maximum atomic E-state index is 14.5. The third-order valence-corrected chi connectivity index (χ3v) is 3.45. The number of esters is 2. The molecule has 2 rings (SSSR count). The first-order chi connectivity index (χ1) is 12.0. The van der Waals surface area contributed by atoms with Crippen molar-refractivity contribution in [3.63, 3.8) is 0 Å². The van der Waals surface area contributed by atoms with Gasteiger partial charge in [0.15, 0.2) is 11.6 Å². The van der Waals surface area contributed by atoms with E-state index in [9.17, 15) is 18.4 Å². The minimum atomic E-state index is -1.25. The summed E-state index contributed by atoms with van der Waals surface area (Å²) in [7, 11) is 2.23. The third kappa shape index (κ3) is 3.55. The molecule has 0 N–H and O–H groups in total. The van der Waals surface area contributed by atoms with E-state index < -0.39 is 23.6 Å². The van der Waals surface area contributed by atoms with Crippen LogP contribution in [0.1, 0.15) is 6.92 Å². The van der Waals surface area contributed by atoms with Crippen molar-refractivity contribution in [3.8, 4) is 5.75 Å². The summed E-state index contributed by atoms with van der Waals surface area (Å²) >= 11 is 0. The lowest BCUT2D eigenvalue weighted by Crippen LogP contribution is -2.39. The molecule has 0 aliphatic carbocycles. The van der Waals surface area contributed by atoms with E-state index >= 15 is 0 Å². The highest BCUT2D eigenvalue weighted by molar-refractivity contribution is 6.03. The fourth-order valence-corrected chi connectivity index (χ4v) is 2.33. The van der Waals surface area contributed by atoms with Gasteiger partial charge in [-0.05, 0) is 19.1 Å². The number of benzene rings is 1. The summed E-state index contributed by atoms with van der Waals surface area (Å²) < 4.78 is 48.1. The largest absolute Gasteiger partial charge is 0.491 e. The molecule has 1 aliphatic heterocycles. The van der Waals surface area contributed by atoms with Gasteiger partial charge in [-0.2, -0.15) is 4.39 Å². The Hall–Kier alpha value is -2.68. The molecule has 0 spiro atoms. The Balaban J connectivity index is 2.58. The van der Waals surface area contributed by atoms with Crippen LogP contribution in [0, 0.1) is 11.6 Å². The molecule has 0 unspecified atom stereocenters. The van der Waals surface area contributed by atoms with E-state index in [4.69, 9.17) is 9.47 Å². The van der Waals surface area contributed by atoms with Gasteiger partial charge in [0.05, 0.1) is 38.7 Å². The number of anilines is 1. The molecule has 0 aromatic heterocycles. The molecule has 0 radical (unpaired) electrons. The van der Waals surface area contributed by atoms with Gasteiger partial charge in [0.2, 0.25) is 5.82 Å². The van der Waals surface area contributed by atoms with Gasteiger partial charge in [0, 0.05) is 0 Å². The number of rotatable bonds is 5. The Kier molecular flexibility index (Phi) is 5.92. The maximum absolute atomic E-state index is 14.5. The fourth-order valence-electron chi connectivity index (χ4n) is 2.33. The van der Waals surface area contributed by atoms with Gasteiger partial charge in [-0.1, -0.05) is 0 Å². The van der Waals surface area contributed by atoms with Crippen molar-refractivity contribution in [1.82, 2.24) is 0 Å². The standard InChI is InChI=1S/C16H17F2NO6/c1-4-25-11-6-5-10(12(17)13(11)18)19-8-24-7-9(15(20)22-2)14(19)16(21)23-3/h5-6H,4,7-8H2,1-3H3. The van der Waals surface area contributed by atoms with Crippen LogP contribution in [0.4, 0.5) is 14.5 Å². The molecule has 136 valence electrons. The molecule has 1 aromatic carbocycles. The first-order valence-electron chi connectivity index (χ1n) is 7.32. The average Bonchev–Trinajstić information content (AvgIpc) is 2.64. The highest BCUT2D eigenvalue weighted by Crippen LogP contribution is 2.33. The van der Waals surface area contributed by atoms with Crippen molar-refractivity contribution < 1.29 is 37.3 Å². The number of ether oxygens (including phenoxy) is 4. The van der Waals surface area contributed by atoms with Crippen LogP contribution in [-0.2, 0) is 23.8 Å². The predicted octanol–water partition coefficient (Wildman–Crippen LogP) is 1.76. The second kappa shape index (κ2) is 7.93. The number of hydrogen-bond acceptors (Lipinski definition) is 7. The zero-order chi connectivity index (χ0) is 18.6. The van der Waals surface area contributed by atoms with Crippen LogP contribution in [-0.4, -0.2) is 46.1 Å². The van der Waals surface area contributed by atoms with Crippen molar-refractivity contribution in [2.75, 3.05) is 39.1 Å². The van der Waals surface area contributed by atoms with E-state index in [1.165, 1.54) is 12.1 Å². The molecule has 0 amide bonds. The van der Waals surface area contributed by atoms with Crippen LogP contribution in [0.3, 0.4) is 0 Å². The van der Waals surface area contributed by atoms with Gasteiger partial charge in [0.25, 0.3) is 0 Å². The summed E-state index contributed by atoms with van der Waals surface area (Å²) in [6.07, 6.45) is 0. The molecular formula is C16H17F2NO6. The molecular weight excluding hydrogens is 340 g/mol. The summed E-state index contributed by atoms with van der Waals surface area (Å²) in [4.78, 5) is 25.0. The van der Waals surface area contributed by atoms with Gasteiger partial charge >= 0.3 is 11.9 Å². The third-order valence-electron chi connectivity index (χ3n) is 3.45. The van der Waals surface area contributed by atoms with E-state index in [1.54, 1.807) is 6.92 Å². The molecule has 0 saturated heterocycles. The predicted molar refractivity (Wildman–Crippen MR) is 81.9 cm³/mol. The molecule has 0 atom stereocenters. The lowest BCUT2D eigenvalue weighted by Gasteiger charge is -2.31. The highest BCUT2D eigenvalue weighted by atomic mass is 19.2. The molecule has 0 fully saturated rings. The second-order valence-electron chi connectivity index (χ2n) is 4.86. The quantitative estimate of drug-likeness (QED) is 0.744. The number of carbonyl (C=O) groups excluding carboxylic acids is 2. The normalized spacial score (nSPS) is 14.4. The lowest BCUT2D eigenvalue weighted by molar-refractivity contribution is -0.140. The Bertz CT molecular complexity index is 719. The van der Waals surface area contributed by atoms with Crippen LogP contribution in [0.25, 0.3) is 0 Å². The minimum absolute atomic E-state index is 0.155. The topological polar surface area (TPSA) is 74.3 Å². The van der Waals surface area contributed by atoms with E-state index in [-0.39, 0.29) is 42.7 Å². The smallest absolute Gasteiger partial charge is 0.355 e. The average molecular weight is 357 g/mol. The van der Waals surface area contributed by atoms with E-state index in [2.05, 4.69) is 9.47 Å². The van der Waals surface area contributed by atoms with Crippen LogP contribution in [0.15, 0.2) is 23.4 Å². The van der Waals surface area contributed by atoms with Crippen LogP contribution >= 0.6 is 0 Å². The van der Waals surface area contributed by atoms with Crippen molar-refractivity contribution in [1.29, 1.82) is 0 Å². The highest BCUT2D eigenvalue weighted by Gasteiger charge is 2.34. The number of hydrogen-bond donors (Lipinski definition) is 0. The Morgan fingerprint density at radius 3 is 2.44 bits per heavy atom. The number of carbonyl (C=O) groups is 2. The number of methoxy groups -OCH3 is 2. The van der Waals surface area contributed by atoms with Crippen LogP contribution < -0.4 is 9.64 Å². The molecule has 9 heteroatoms. The van der Waals surface area contributed by atoms with Crippen LogP contribution in [0.2, 0.25) is 0 Å². The van der Waals surface area contributed by atoms with Gasteiger partial charge in [-0.3, -0.25) is 0 Å².